The summed E-state index contributed by atoms with van der Waals surface area (Å²) in [6.07, 6.45) is 6.48. The fourth-order valence-corrected chi connectivity index (χ4v) is 2.92. The third-order valence-corrected chi connectivity index (χ3v) is 3.61. The number of anilines is 1. The Kier molecular flexibility index (Phi) is 3.84. The third-order valence-electron chi connectivity index (χ3n) is 3.61. The van der Waals surface area contributed by atoms with E-state index in [0.717, 1.165) is 12.8 Å². The van der Waals surface area contributed by atoms with E-state index in [1.807, 2.05) is 0 Å². The van der Waals surface area contributed by atoms with E-state index in [0.29, 0.717) is 23.1 Å². The van der Waals surface area contributed by atoms with Crippen LogP contribution >= 0.6 is 0 Å². The summed E-state index contributed by atoms with van der Waals surface area (Å²) in [4.78, 5) is 16.1. The Morgan fingerprint density at radius 3 is 2.61 bits per heavy atom. The van der Waals surface area contributed by atoms with Crippen LogP contribution in [0.1, 0.15) is 43.5 Å². The minimum atomic E-state index is -0.105. The van der Waals surface area contributed by atoms with Crippen molar-refractivity contribution >= 4 is 11.6 Å². The van der Waals surface area contributed by atoms with Gasteiger partial charge in [-0.05, 0) is 37.2 Å². The van der Waals surface area contributed by atoms with Gasteiger partial charge in [0, 0.05) is 24.1 Å². The Morgan fingerprint density at radius 2 is 2.00 bits per heavy atom. The molecule has 1 saturated carbocycles. The number of aromatic nitrogens is 1. The zero-order chi connectivity index (χ0) is 13.1. The molecule has 2 unspecified atom stereocenters. The number of amides is 1. The lowest BCUT2D eigenvalue weighted by atomic mass is 9.80. The van der Waals surface area contributed by atoms with E-state index < -0.39 is 0 Å². The van der Waals surface area contributed by atoms with E-state index in [4.69, 9.17) is 5.73 Å². The summed E-state index contributed by atoms with van der Waals surface area (Å²) in [5.41, 5.74) is 6.74. The molecule has 1 amide bonds. The predicted octanol–water partition coefficient (Wildman–Crippen LogP) is 2.22. The molecule has 1 heterocycles. The van der Waals surface area contributed by atoms with Crippen LogP contribution in [0.15, 0.2) is 18.5 Å². The molecule has 18 heavy (non-hydrogen) atoms. The Balaban J connectivity index is 2.01. The number of pyridine rings is 1. The molecule has 3 N–H and O–H groups in total. The van der Waals surface area contributed by atoms with Gasteiger partial charge in [-0.1, -0.05) is 13.8 Å². The van der Waals surface area contributed by atoms with E-state index in [1.165, 1.54) is 12.6 Å². The zero-order valence-electron chi connectivity index (χ0n) is 11.0. The van der Waals surface area contributed by atoms with Gasteiger partial charge in [0.2, 0.25) is 0 Å². The summed E-state index contributed by atoms with van der Waals surface area (Å²) < 4.78 is 0. The number of nitrogens with zero attached hydrogens (tertiary/aromatic N) is 1. The summed E-state index contributed by atoms with van der Waals surface area (Å²) in [6.45, 7) is 4.49. The molecule has 0 aliphatic heterocycles. The maximum absolute atomic E-state index is 12.1. The SMILES string of the molecule is CC1CC(C)CC(NC(=O)c2cnccc2N)C1. The molecule has 4 heteroatoms. The highest BCUT2D eigenvalue weighted by molar-refractivity contribution is 5.98. The quantitative estimate of drug-likeness (QED) is 0.842. The Hall–Kier alpha value is -1.58. The second kappa shape index (κ2) is 5.38. The number of hydrogen-bond donors (Lipinski definition) is 2. The van der Waals surface area contributed by atoms with Gasteiger partial charge in [0.25, 0.3) is 5.91 Å². The number of carbonyl (C=O) groups is 1. The first-order chi connectivity index (χ1) is 8.56. The van der Waals surface area contributed by atoms with Crippen LogP contribution in [-0.4, -0.2) is 16.9 Å². The molecule has 1 aliphatic carbocycles. The molecule has 1 fully saturated rings. The molecule has 0 radical (unpaired) electrons. The van der Waals surface area contributed by atoms with Gasteiger partial charge in [0.1, 0.15) is 0 Å². The van der Waals surface area contributed by atoms with Crippen molar-refractivity contribution in [3.8, 4) is 0 Å². The number of rotatable bonds is 2. The minimum Gasteiger partial charge on any atom is -0.398 e. The summed E-state index contributed by atoms with van der Waals surface area (Å²) in [5.74, 6) is 1.24. The average molecular weight is 247 g/mol. The number of hydrogen-bond acceptors (Lipinski definition) is 3. The largest absolute Gasteiger partial charge is 0.398 e. The smallest absolute Gasteiger partial charge is 0.255 e. The van der Waals surface area contributed by atoms with E-state index >= 15 is 0 Å². The van der Waals surface area contributed by atoms with Crippen molar-refractivity contribution in [1.29, 1.82) is 0 Å². The minimum absolute atomic E-state index is 0.105. The second-order valence-electron chi connectivity index (χ2n) is 5.55. The van der Waals surface area contributed by atoms with Crippen molar-refractivity contribution in [2.45, 2.75) is 39.2 Å². The zero-order valence-corrected chi connectivity index (χ0v) is 11.0. The van der Waals surface area contributed by atoms with Crippen molar-refractivity contribution in [1.82, 2.24) is 10.3 Å². The van der Waals surface area contributed by atoms with Crippen molar-refractivity contribution in [2.75, 3.05) is 5.73 Å². The molecule has 1 aliphatic rings. The third kappa shape index (κ3) is 3.00. The van der Waals surface area contributed by atoms with Crippen LogP contribution in [0.2, 0.25) is 0 Å². The normalized spacial score (nSPS) is 27.8. The fourth-order valence-electron chi connectivity index (χ4n) is 2.92. The van der Waals surface area contributed by atoms with Crippen LogP contribution in [0, 0.1) is 11.8 Å². The Bertz CT molecular complexity index is 423. The molecule has 4 nitrogen and oxygen atoms in total. The van der Waals surface area contributed by atoms with Crippen molar-refractivity contribution in [3.63, 3.8) is 0 Å². The molecule has 0 saturated heterocycles. The van der Waals surface area contributed by atoms with Crippen LogP contribution in [0.4, 0.5) is 5.69 Å². The van der Waals surface area contributed by atoms with Gasteiger partial charge in [-0.3, -0.25) is 9.78 Å². The highest BCUT2D eigenvalue weighted by atomic mass is 16.1. The first kappa shape index (κ1) is 12.9. The molecule has 1 aromatic rings. The lowest BCUT2D eigenvalue weighted by Gasteiger charge is -2.32. The summed E-state index contributed by atoms with van der Waals surface area (Å²) in [7, 11) is 0. The first-order valence-corrected chi connectivity index (χ1v) is 6.56. The molecule has 0 spiro atoms. The van der Waals surface area contributed by atoms with Crippen molar-refractivity contribution in [2.24, 2.45) is 11.8 Å². The number of nitrogens with two attached hydrogens (primary N) is 1. The molecule has 0 aromatic carbocycles. The number of nitrogen functional groups attached to an aromatic ring is 1. The topological polar surface area (TPSA) is 68.0 Å². The highest BCUT2D eigenvalue weighted by Crippen LogP contribution is 2.28. The predicted molar refractivity (Wildman–Crippen MR) is 72.1 cm³/mol. The summed E-state index contributed by atoms with van der Waals surface area (Å²) >= 11 is 0. The van der Waals surface area contributed by atoms with Crippen LogP contribution in [0.5, 0.6) is 0 Å². The molecule has 98 valence electrons. The second-order valence-corrected chi connectivity index (χ2v) is 5.55. The molecule has 2 rings (SSSR count). The van der Waals surface area contributed by atoms with Gasteiger partial charge < -0.3 is 11.1 Å². The molecular weight excluding hydrogens is 226 g/mol. The van der Waals surface area contributed by atoms with Crippen molar-refractivity contribution in [3.05, 3.63) is 24.0 Å². The molecule has 0 bridgehead atoms. The van der Waals surface area contributed by atoms with Gasteiger partial charge in [-0.25, -0.2) is 0 Å². The molecule has 1 aromatic heterocycles. The van der Waals surface area contributed by atoms with Crippen molar-refractivity contribution < 1.29 is 4.79 Å². The summed E-state index contributed by atoms with van der Waals surface area (Å²) in [5, 5.41) is 3.08. The van der Waals surface area contributed by atoms with E-state index in [1.54, 1.807) is 12.3 Å². The highest BCUT2D eigenvalue weighted by Gasteiger charge is 2.25. The van der Waals surface area contributed by atoms with Crippen LogP contribution in [0.3, 0.4) is 0 Å². The number of nitrogens with one attached hydrogen (secondary N) is 1. The van der Waals surface area contributed by atoms with E-state index in [9.17, 15) is 4.79 Å². The first-order valence-electron chi connectivity index (χ1n) is 6.56. The van der Waals surface area contributed by atoms with Gasteiger partial charge in [-0.15, -0.1) is 0 Å². The average Bonchev–Trinajstić information content (AvgIpc) is 2.27. The van der Waals surface area contributed by atoms with E-state index in [-0.39, 0.29) is 11.9 Å². The maximum atomic E-state index is 12.1. The van der Waals surface area contributed by atoms with Gasteiger partial charge in [0.05, 0.1) is 5.56 Å². The lowest BCUT2D eigenvalue weighted by molar-refractivity contribution is 0.0912. The van der Waals surface area contributed by atoms with Crippen LogP contribution in [-0.2, 0) is 0 Å². The van der Waals surface area contributed by atoms with Gasteiger partial charge in [0.15, 0.2) is 0 Å². The molecule has 2 atom stereocenters. The molecular formula is C14H21N3O. The summed E-state index contributed by atoms with van der Waals surface area (Å²) in [6, 6.07) is 1.91. The number of carbonyl (C=O) groups excluding carboxylic acids is 1. The standard InChI is InChI=1S/C14H21N3O/c1-9-5-10(2)7-11(6-9)17-14(18)12-8-16-4-3-13(12)15/h3-4,8-11H,5-7H2,1-2H3,(H2,15,16)(H,17,18). The van der Waals surface area contributed by atoms with Crippen LogP contribution < -0.4 is 11.1 Å². The van der Waals surface area contributed by atoms with Gasteiger partial charge in [-0.2, -0.15) is 0 Å². The Labute approximate surface area is 108 Å². The van der Waals surface area contributed by atoms with E-state index in [2.05, 4.69) is 24.1 Å². The van der Waals surface area contributed by atoms with Gasteiger partial charge >= 0.3 is 0 Å². The van der Waals surface area contributed by atoms with Crippen LogP contribution in [0.25, 0.3) is 0 Å². The monoisotopic (exact) mass is 247 g/mol. The Morgan fingerprint density at radius 1 is 1.33 bits per heavy atom. The fraction of sp³-hybridized carbons (Fsp3) is 0.571. The lowest BCUT2D eigenvalue weighted by Crippen LogP contribution is -2.40. The maximum Gasteiger partial charge on any atom is 0.255 e.